The summed E-state index contributed by atoms with van der Waals surface area (Å²) in [6.45, 7) is 0.529. The second-order valence-corrected chi connectivity index (χ2v) is 6.26. The van der Waals surface area contributed by atoms with Gasteiger partial charge in [0.2, 0.25) is 0 Å². The summed E-state index contributed by atoms with van der Waals surface area (Å²) in [5.41, 5.74) is 11.0. The molecule has 0 unspecified atom stereocenters. The third-order valence-electron chi connectivity index (χ3n) is 3.78. The van der Waals surface area contributed by atoms with Gasteiger partial charge in [0.15, 0.2) is 0 Å². The number of benzene rings is 2. The van der Waals surface area contributed by atoms with Crippen molar-refractivity contribution in [2.75, 3.05) is 0 Å². The molecule has 4 rings (SSSR count). The molecule has 0 atom stereocenters. The summed E-state index contributed by atoms with van der Waals surface area (Å²) >= 11 is 1.68. The first-order chi connectivity index (χ1) is 10.2. The quantitative estimate of drug-likeness (QED) is 0.607. The lowest BCUT2D eigenvalue weighted by molar-refractivity contribution is 0.626. The molecule has 0 saturated carbocycles. The summed E-state index contributed by atoms with van der Waals surface area (Å²) in [5, 5.41) is 1.00. The van der Waals surface area contributed by atoms with E-state index < -0.39 is 0 Å². The number of rotatable bonds is 2. The summed E-state index contributed by atoms with van der Waals surface area (Å²) in [5.74, 6) is -0.181. The van der Waals surface area contributed by atoms with Crippen LogP contribution in [0, 0.1) is 5.82 Å². The largest absolute Gasteiger partial charge is 0.326 e. The van der Waals surface area contributed by atoms with Crippen LogP contribution in [0.25, 0.3) is 21.8 Å². The van der Waals surface area contributed by atoms with Crippen LogP contribution in [0.1, 0.15) is 16.0 Å². The fourth-order valence-electron chi connectivity index (χ4n) is 2.75. The van der Waals surface area contributed by atoms with Crippen LogP contribution in [-0.4, -0.2) is 4.98 Å². The topological polar surface area (TPSA) is 38.9 Å². The van der Waals surface area contributed by atoms with E-state index in [0.717, 1.165) is 39.4 Å². The Labute approximate surface area is 126 Å². The second-order valence-electron chi connectivity index (χ2n) is 5.17. The monoisotopic (exact) mass is 296 g/mol. The van der Waals surface area contributed by atoms with E-state index in [-0.39, 0.29) is 5.82 Å². The van der Waals surface area contributed by atoms with Gasteiger partial charge < -0.3 is 5.73 Å². The molecule has 0 saturated heterocycles. The van der Waals surface area contributed by atoms with E-state index in [9.17, 15) is 4.39 Å². The Morgan fingerprint density at radius 3 is 2.95 bits per heavy atom. The fourth-order valence-corrected chi connectivity index (χ4v) is 3.84. The van der Waals surface area contributed by atoms with Crippen molar-refractivity contribution in [2.24, 2.45) is 5.73 Å². The number of hydrogen-bond acceptors (Lipinski definition) is 3. The molecule has 2 aromatic carbocycles. The van der Waals surface area contributed by atoms with Crippen molar-refractivity contribution in [3.05, 3.63) is 64.3 Å². The third kappa shape index (κ3) is 2.07. The highest BCUT2D eigenvalue weighted by molar-refractivity contribution is 7.15. The predicted molar refractivity (Wildman–Crippen MR) is 83.6 cm³/mol. The molecule has 0 aliphatic heterocycles. The van der Waals surface area contributed by atoms with Gasteiger partial charge in [-0.3, -0.25) is 0 Å². The number of halogens is 1. The molecule has 0 amide bonds. The van der Waals surface area contributed by atoms with Gasteiger partial charge in [0, 0.05) is 29.0 Å². The van der Waals surface area contributed by atoms with E-state index >= 15 is 0 Å². The standard InChI is InChI=1S/C17H13FN2S/c18-13-4-5-14-12(7-13)8-15-16(14)20-17(21-15)11-3-1-2-10(6-11)9-19/h1-7H,8-9,19H2. The lowest BCUT2D eigenvalue weighted by atomic mass is 10.1. The van der Waals surface area contributed by atoms with Gasteiger partial charge in [-0.2, -0.15) is 0 Å². The number of aromatic nitrogens is 1. The maximum atomic E-state index is 13.3. The van der Waals surface area contributed by atoms with E-state index in [1.54, 1.807) is 17.4 Å². The Balaban J connectivity index is 1.79. The molecular weight excluding hydrogens is 283 g/mol. The summed E-state index contributed by atoms with van der Waals surface area (Å²) in [6.07, 6.45) is 0.774. The normalized spacial score (nSPS) is 12.3. The Bertz CT molecular complexity index is 839. The first kappa shape index (κ1) is 12.7. The van der Waals surface area contributed by atoms with Crippen molar-refractivity contribution in [1.82, 2.24) is 4.98 Å². The highest BCUT2D eigenvalue weighted by atomic mass is 32.1. The molecule has 1 aromatic heterocycles. The summed E-state index contributed by atoms with van der Waals surface area (Å²) in [6, 6.07) is 13.1. The molecule has 2 N–H and O–H groups in total. The summed E-state index contributed by atoms with van der Waals surface area (Å²) in [7, 11) is 0. The van der Waals surface area contributed by atoms with E-state index in [1.807, 2.05) is 18.2 Å². The van der Waals surface area contributed by atoms with Crippen molar-refractivity contribution in [1.29, 1.82) is 0 Å². The summed E-state index contributed by atoms with van der Waals surface area (Å²) < 4.78 is 13.3. The van der Waals surface area contributed by atoms with Crippen molar-refractivity contribution in [3.8, 4) is 21.8 Å². The maximum Gasteiger partial charge on any atom is 0.124 e. The van der Waals surface area contributed by atoms with Crippen LogP contribution in [-0.2, 0) is 13.0 Å². The molecule has 2 nitrogen and oxygen atoms in total. The molecule has 1 aliphatic carbocycles. The van der Waals surface area contributed by atoms with Crippen LogP contribution in [0.4, 0.5) is 4.39 Å². The first-order valence-electron chi connectivity index (χ1n) is 6.82. The van der Waals surface area contributed by atoms with Crippen molar-refractivity contribution < 1.29 is 4.39 Å². The van der Waals surface area contributed by atoms with Gasteiger partial charge in [-0.1, -0.05) is 18.2 Å². The number of nitrogens with zero attached hydrogens (tertiary/aromatic N) is 1. The fraction of sp³-hybridized carbons (Fsp3) is 0.118. The van der Waals surface area contributed by atoms with E-state index in [1.165, 1.54) is 10.9 Å². The van der Waals surface area contributed by atoms with Gasteiger partial charge >= 0.3 is 0 Å². The smallest absolute Gasteiger partial charge is 0.124 e. The molecule has 0 bridgehead atoms. The highest BCUT2D eigenvalue weighted by Gasteiger charge is 2.24. The van der Waals surface area contributed by atoms with Crippen LogP contribution in [0.2, 0.25) is 0 Å². The Hall–Kier alpha value is -2.04. The van der Waals surface area contributed by atoms with Crippen LogP contribution in [0.5, 0.6) is 0 Å². The van der Waals surface area contributed by atoms with E-state index in [4.69, 9.17) is 10.7 Å². The van der Waals surface area contributed by atoms with Crippen molar-refractivity contribution >= 4 is 11.3 Å². The van der Waals surface area contributed by atoms with Crippen molar-refractivity contribution in [3.63, 3.8) is 0 Å². The van der Waals surface area contributed by atoms with Crippen LogP contribution < -0.4 is 5.73 Å². The van der Waals surface area contributed by atoms with Crippen LogP contribution in [0.15, 0.2) is 42.5 Å². The molecule has 0 fully saturated rings. The molecule has 0 radical (unpaired) electrons. The number of thiazole rings is 1. The molecule has 1 heterocycles. The first-order valence-corrected chi connectivity index (χ1v) is 7.64. The average molecular weight is 296 g/mol. The van der Waals surface area contributed by atoms with Gasteiger partial charge in [-0.05, 0) is 35.4 Å². The zero-order chi connectivity index (χ0) is 14.4. The molecule has 104 valence electrons. The molecule has 1 aliphatic rings. The summed E-state index contributed by atoms with van der Waals surface area (Å²) in [4.78, 5) is 5.97. The lowest BCUT2D eigenvalue weighted by Crippen LogP contribution is -1.95. The zero-order valence-corrected chi connectivity index (χ0v) is 12.1. The van der Waals surface area contributed by atoms with Gasteiger partial charge in [-0.25, -0.2) is 9.37 Å². The molecular formula is C17H13FN2S. The van der Waals surface area contributed by atoms with E-state index in [0.29, 0.717) is 6.54 Å². The van der Waals surface area contributed by atoms with Crippen LogP contribution in [0.3, 0.4) is 0 Å². The minimum Gasteiger partial charge on any atom is -0.326 e. The lowest BCUT2D eigenvalue weighted by Gasteiger charge is -2.01. The molecule has 3 aromatic rings. The SMILES string of the molecule is NCc1cccc(-c2nc3c(s2)Cc2cc(F)ccc2-3)c1. The predicted octanol–water partition coefficient (Wildman–Crippen LogP) is 3.98. The Morgan fingerprint density at radius 1 is 1.19 bits per heavy atom. The minimum atomic E-state index is -0.181. The second kappa shape index (κ2) is 4.76. The highest BCUT2D eigenvalue weighted by Crippen LogP contribution is 2.42. The van der Waals surface area contributed by atoms with Crippen molar-refractivity contribution in [2.45, 2.75) is 13.0 Å². The van der Waals surface area contributed by atoms with Gasteiger partial charge in [0.1, 0.15) is 10.8 Å². The maximum absolute atomic E-state index is 13.3. The molecule has 4 heteroatoms. The van der Waals surface area contributed by atoms with Gasteiger partial charge in [0.25, 0.3) is 0 Å². The van der Waals surface area contributed by atoms with Gasteiger partial charge in [0.05, 0.1) is 5.69 Å². The zero-order valence-electron chi connectivity index (χ0n) is 11.3. The third-order valence-corrected chi connectivity index (χ3v) is 4.88. The van der Waals surface area contributed by atoms with Gasteiger partial charge in [-0.15, -0.1) is 11.3 Å². The van der Waals surface area contributed by atoms with Crippen LogP contribution >= 0.6 is 11.3 Å². The minimum absolute atomic E-state index is 0.181. The van der Waals surface area contributed by atoms with E-state index in [2.05, 4.69) is 12.1 Å². The molecule has 21 heavy (non-hydrogen) atoms. The number of hydrogen-bond donors (Lipinski definition) is 1. The number of nitrogens with two attached hydrogens (primary N) is 1. The average Bonchev–Trinajstić information content (AvgIpc) is 3.04. The number of fused-ring (bicyclic) bond motifs is 3. The Morgan fingerprint density at radius 2 is 2.10 bits per heavy atom. The Kier molecular flexibility index (Phi) is 2.87. The molecule has 0 spiro atoms.